The number of benzene rings is 1. The van der Waals surface area contributed by atoms with E-state index in [2.05, 4.69) is 56.1 Å². The molecule has 0 bridgehead atoms. The molecule has 0 atom stereocenters. The van der Waals surface area contributed by atoms with Crippen molar-refractivity contribution < 1.29 is 9.59 Å². The number of rotatable bonds is 6. The zero-order valence-electron chi connectivity index (χ0n) is 17.8. The van der Waals surface area contributed by atoms with Crippen LogP contribution in [0.4, 0.5) is 5.69 Å². The van der Waals surface area contributed by atoms with Crippen molar-refractivity contribution in [3.8, 4) is 0 Å². The molecule has 0 unspecified atom stereocenters. The molecule has 1 aliphatic heterocycles. The quantitative estimate of drug-likeness (QED) is 0.764. The minimum absolute atomic E-state index is 0.0121. The molecular formula is C23H31N3O2S. The van der Waals surface area contributed by atoms with E-state index in [0.717, 1.165) is 10.6 Å². The van der Waals surface area contributed by atoms with E-state index in [-0.39, 0.29) is 11.8 Å². The van der Waals surface area contributed by atoms with Gasteiger partial charge in [-0.3, -0.25) is 14.5 Å². The lowest BCUT2D eigenvalue weighted by atomic mass is 9.92. The maximum Gasteiger partial charge on any atom is 0.264 e. The average Bonchev–Trinajstić information content (AvgIpc) is 3.22. The van der Waals surface area contributed by atoms with E-state index in [1.54, 1.807) is 0 Å². The van der Waals surface area contributed by atoms with Gasteiger partial charge in [-0.25, -0.2) is 0 Å². The molecule has 2 heterocycles. The summed E-state index contributed by atoms with van der Waals surface area (Å²) in [6.45, 7) is 11.7. The number of nitrogens with one attached hydrogen (secondary N) is 1. The minimum Gasteiger partial charge on any atom is -0.335 e. The fourth-order valence-electron chi connectivity index (χ4n) is 3.74. The van der Waals surface area contributed by atoms with E-state index in [9.17, 15) is 9.59 Å². The average molecular weight is 414 g/mol. The Morgan fingerprint density at radius 2 is 1.59 bits per heavy atom. The smallest absolute Gasteiger partial charge is 0.264 e. The summed E-state index contributed by atoms with van der Waals surface area (Å²) in [5.74, 6) is 0.793. The Balaban J connectivity index is 1.59. The number of amides is 2. The minimum atomic E-state index is 0.0121. The molecule has 1 aromatic heterocycles. The molecule has 1 saturated heterocycles. The monoisotopic (exact) mass is 413 g/mol. The highest BCUT2D eigenvalue weighted by Gasteiger charge is 2.24. The predicted molar refractivity (Wildman–Crippen MR) is 120 cm³/mol. The van der Waals surface area contributed by atoms with Crippen molar-refractivity contribution in [2.45, 2.75) is 39.5 Å². The molecular weight excluding hydrogens is 382 g/mol. The summed E-state index contributed by atoms with van der Waals surface area (Å²) in [7, 11) is 0. The van der Waals surface area contributed by atoms with Gasteiger partial charge in [0.1, 0.15) is 0 Å². The Kier molecular flexibility index (Phi) is 7.09. The number of carbonyl (C=O) groups excluding carboxylic acids is 2. The van der Waals surface area contributed by atoms with Gasteiger partial charge in [0.2, 0.25) is 5.91 Å². The number of thiophene rings is 1. The fraction of sp³-hybridized carbons (Fsp3) is 0.478. The highest BCUT2D eigenvalue weighted by Crippen LogP contribution is 2.32. The molecule has 29 heavy (non-hydrogen) atoms. The van der Waals surface area contributed by atoms with Gasteiger partial charge in [-0.05, 0) is 34.4 Å². The molecule has 0 radical (unpaired) electrons. The third kappa shape index (κ3) is 5.25. The number of nitrogens with zero attached hydrogens (tertiary/aromatic N) is 2. The van der Waals surface area contributed by atoms with Crippen LogP contribution < -0.4 is 5.32 Å². The molecule has 1 aromatic carbocycles. The summed E-state index contributed by atoms with van der Waals surface area (Å²) >= 11 is 1.48. The third-order valence-corrected chi connectivity index (χ3v) is 6.25. The first kappa shape index (κ1) is 21.5. The van der Waals surface area contributed by atoms with Crippen molar-refractivity contribution in [3.63, 3.8) is 0 Å². The number of piperazine rings is 1. The Bertz CT molecular complexity index is 812. The van der Waals surface area contributed by atoms with Crippen molar-refractivity contribution >= 4 is 28.8 Å². The number of hydrogen-bond donors (Lipinski definition) is 1. The second-order valence-corrected chi connectivity index (χ2v) is 9.16. The first-order valence-corrected chi connectivity index (χ1v) is 11.2. The van der Waals surface area contributed by atoms with Crippen LogP contribution in [-0.4, -0.2) is 54.3 Å². The van der Waals surface area contributed by atoms with Gasteiger partial charge in [0, 0.05) is 31.9 Å². The second-order valence-electron chi connectivity index (χ2n) is 8.21. The van der Waals surface area contributed by atoms with Crippen LogP contribution in [-0.2, 0) is 4.79 Å². The Morgan fingerprint density at radius 1 is 0.966 bits per heavy atom. The molecule has 2 aromatic rings. The van der Waals surface area contributed by atoms with Crippen molar-refractivity contribution in [1.29, 1.82) is 0 Å². The summed E-state index contributed by atoms with van der Waals surface area (Å²) in [4.78, 5) is 30.1. The van der Waals surface area contributed by atoms with Gasteiger partial charge in [0.25, 0.3) is 5.91 Å². The predicted octanol–water partition coefficient (Wildman–Crippen LogP) is 4.39. The van der Waals surface area contributed by atoms with Gasteiger partial charge in [-0.1, -0.05) is 52.0 Å². The fourth-order valence-corrected chi connectivity index (χ4v) is 4.43. The van der Waals surface area contributed by atoms with Crippen LogP contribution in [0.15, 0.2) is 35.7 Å². The normalized spacial score (nSPS) is 15.2. The van der Waals surface area contributed by atoms with Crippen LogP contribution in [0.5, 0.6) is 0 Å². The third-order valence-electron chi connectivity index (χ3n) is 5.40. The summed E-state index contributed by atoms with van der Waals surface area (Å²) < 4.78 is 0. The lowest BCUT2D eigenvalue weighted by Crippen LogP contribution is -2.50. The maximum absolute atomic E-state index is 12.8. The first-order chi connectivity index (χ1) is 13.9. The van der Waals surface area contributed by atoms with Crippen molar-refractivity contribution in [2.24, 2.45) is 0 Å². The molecule has 1 fully saturated rings. The SMILES string of the molecule is CC(C)c1cccc(C(C)C)c1NC(=O)CN1CCN(C(=O)c2cccs2)CC1. The molecule has 0 aliphatic carbocycles. The van der Waals surface area contributed by atoms with Crippen molar-refractivity contribution in [3.05, 3.63) is 51.7 Å². The van der Waals surface area contributed by atoms with Crippen LogP contribution in [0.1, 0.15) is 60.3 Å². The van der Waals surface area contributed by atoms with Gasteiger partial charge in [-0.2, -0.15) is 0 Å². The van der Waals surface area contributed by atoms with Crippen molar-refractivity contribution in [2.75, 3.05) is 38.0 Å². The zero-order chi connectivity index (χ0) is 21.0. The number of anilines is 1. The Hall–Kier alpha value is -2.18. The summed E-state index contributed by atoms with van der Waals surface area (Å²) in [5.41, 5.74) is 3.32. The highest BCUT2D eigenvalue weighted by atomic mass is 32.1. The van der Waals surface area contributed by atoms with Crippen LogP contribution in [0.25, 0.3) is 0 Å². The lowest BCUT2D eigenvalue weighted by molar-refractivity contribution is -0.117. The standard InChI is InChI=1S/C23H31N3O2S/c1-16(2)18-7-5-8-19(17(3)4)22(18)24-21(27)15-25-10-12-26(13-11-25)23(28)20-9-6-14-29-20/h5-9,14,16-17H,10-13,15H2,1-4H3,(H,24,27). The molecule has 0 spiro atoms. The highest BCUT2D eigenvalue weighted by molar-refractivity contribution is 7.12. The number of para-hydroxylation sites is 1. The largest absolute Gasteiger partial charge is 0.335 e. The maximum atomic E-state index is 12.8. The van der Waals surface area contributed by atoms with E-state index < -0.39 is 0 Å². The molecule has 2 amide bonds. The molecule has 0 saturated carbocycles. The summed E-state index contributed by atoms with van der Waals surface area (Å²) in [6.07, 6.45) is 0. The van der Waals surface area contributed by atoms with Crippen LogP contribution >= 0.6 is 11.3 Å². The van der Waals surface area contributed by atoms with E-state index in [1.165, 1.54) is 22.5 Å². The molecule has 1 N–H and O–H groups in total. The first-order valence-electron chi connectivity index (χ1n) is 10.3. The van der Waals surface area contributed by atoms with E-state index >= 15 is 0 Å². The van der Waals surface area contributed by atoms with Gasteiger partial charge in [0.05, 0.1) is 11.4 Å². The summed E-state index contributed by atoms with van der Waals surface area (Å²) in [5, 5.41) is 5.11. The Morgan fingerprint density at radius 3 is 2.10 bits per heavy atom. The van der Waals surface area contributed by atoms with Gasteiger partial charge < -0.3 is 10.2 Å². The molecule has 3 rings (SSSR count). The van der Waals surface area contributed by atoms with E-state index in [1.807, 2.05) is 22.4 Å². The topological polar surface area (TPSA) is 52.7 Å². The molecule has 6 heteroatoms. The number of hydrogen-bond acceptors (Lipinski definition) is 4. The number of carbonyl (C=O) groups is 2. The zero-order valence-corrected chi connectivity index (χ0v) is 18.6. The van der Waals surface area contributed by atoms with Gasteiger partial charge in [0.15, 0.2) is 0 Å². The Labute approximate surface area is 177 Å². The van der Waals surface area contributed by atoms with Crippen LogP contribution in [0.3, 0.4) is 0 Å². The van der Waals surface area contributed by atoms with Crippen molar-refractivity contribution in [1.82, 2.24) is 9.80 Å². The van der Waals surface area contributed by atoms with E-state index in [0.29, 0.717) is 44.6 Å². The molecule has 5 nitrogen and oxygen atoms in total. The molecule has 1 aliphatic rings. The summed E-state index contributed by atoms with van der Waals surface area (Å²) in [6, 6.07) is 10.0. The van der Waals surface area contributed by atoms with Crippen LogP contribution in [0, 0.1) is 0 Å². The van der Waals surface area contributed by atoms with E-state index in [4.69, 9.17) is 0 Å². The lowest BCUT2D eigenvalue weighted by Gasteiger charge is -2.34. The second kappa shape index (κ2) is 9.55. The van der Waals surface area contributed by atoms with Crippen LogP contribution in [0.2, 0.25) is 0 Å². The molecule has 156 valence electrons. The van der Waals surface area contributed by atoms with Gasteiger partial charge in [-0.15, -0.1) is 11.3 Å². The van der Waals surface area contributed by atoms with Gasteiger partial charge >= 0.3 is 0 Å².